The summed E-state index contributed by atoms with van der Waals surface area (Å²) >= 11 is 1.54. The van der Waals surface area contributed by atoms with E-state index in [1.54, 1.807) is 0 Å². The molecule has 1 aromatic carbocycles. The zero-order valence-corrected chi connectivity index (χ0v) is 12.7. The van der Waals surface area contributed by atoms with Gasteiger partial charge in [0.05, 0.1) is 36.0 Å². The molecule has 0 fully saturated rings. The standard InChI is InChI=1S/C16H15N3O2S/c20-10-12-8-13-9-18(5-6-19(13)17-12)16(21)15-7-11-3-1-2-4-14(11)22-15/h1-4,7-8,20H,5-6,9-10H2. The highest BCUT2D eigenvalue weighted by atomic mass is 32.1. The van der Waals surface area contributed by atoms with Crippen molar-refractivity contribution >= 4 is 27.3 Å². The van der Waals surface area contributed by atoms with Crippen LogP contribution in [0.5, 0.6) is 0 Å². The summed E-state index contributed by atoms with van der Waals surface area (Å²) in [6.45, 7) is 1.79. The molecular weight excluding hydrogens is 298 g/mol. The van der Waals surface area contributed by atoms with Gasteiger partial charge in [-0.15, -0.1) is 11.3 Å². The number of aromatic nitrogens is 2. The number of carbonyl (C=O) groups excluding carboxylic acids is 1. The molecule has 0 radical (unpaired) electrons. The molecule has 0 spiro atoms. The second-order valence-electron chi connectivity index (χ2n) is 5.38. The topological polar surface area (TPSA) is 58.4 Å². The fraction of sp³-hybridized carbons (Fsp3) is 0.250. The van der Waals surface area contributed by atoms with Crippen LogP contribution >= 0.6 is 11.3 Å². The lowest BCUT2D eigenvalue weighted by Crippen LogP contribution is -2.38. The van der Waals surface area contributed by atoms with E-state index in [9.17, 15) is 4.79 Å². The van der Waals surface area contributed by atoms with Crippen molar-refractivity contribution < 1.29 is 9.90 Å². The maximum atomic E-state index is 12.7. The van der Waals surface area contributed by atoms with Gasteiger partial charge in [0.25, 0.3) is 5.91 Å². The Bertz CT molecular complexity index is 819. The van der Waals surface area contributed by atoms with Crippen LogP contribution in [0.2, 0.25) is 0 Å². The molecule has 1 aliphatic rings. The molecule has 3 aromatic rings. The van der Waals surface area contributed by atoms with Crippen molar-refractivity contribution in [2.45, 2.75) is 19.7 Å². The molecule has 0 unspecified atom stereocenters. The first-order valence-electron chi connectivity index (χ1n) is 7.19. The summed E-state index contributed by atoms with van der Waals surface area (Å²) in [5.74, 6) is 0.0687. The third kappa shape index (κ3) is 2.20. The molecular formula is C16H15N3O2S. The fourth-order valence-corrected chi connectivity index (χ4v) is 3.85. The SMILES string of the molecule is O=C(c1cc2ccccc2s1)N1CCn2nc(CO)cc2C1. The number of carbonyl (C=O) groups is 1. The van der Waals surface area contributed by atoms with E-state index >= 15 is 0 Å². The average molecular weight is 313 g/mol. The van der Waals surface area contributed by atoms with E-state index in [4.69, 9.17) is 5.11 Å². The maximum absolute atomic E-state index is 12.7. The fourth-order valence-electron chi connectivity index (χ4n) is 2.82. The van der Waals surface area contributed by atoms with Crippen molar-refractivity contribution in [1.82, 2.24) is 14.7 Å². The van der Waals surface area contributed by atoms with Gasteiger partial charge in [-0.1, -0.05) is 18.2 Å². The number of benzene rings is 1. The van der Waals surface area contributed by atoms with E-state index in [1.165, 1.54) is 11.3 Å². The van der Waals surface area contributed by atoms with Gasteiger partial charge in [-0.2, -0.15) is 5.10 Å². The Balaban J connectivity index is 1.60. The van der Waals surface area contributed by atoms with Gasteiger partial charge >= 0.3 is 0 Å². The predicted octanol–water partition coefficient (Wildman–Crippen LogP) is 2.25. The molecule has 3 heterocycles. The lowest BCUT2D eigenvalue weighted by atomic mass is 10.2. The molecule has 112 valence electrons. The summed E-state index contributed by atoms with van der Waals surface area (Å²) in [7, 11) is 0. The van der Waals surface area contributed by atoms with Crippen LogP contribution in [0, 0.1) is 0 Å². The Kier molecular flexibility index (Phi) is 3.20. The van der Waals surface area contributed by atoms with E-state index in [1.807, 2.05) is 46.0 Å². The summed E-state index contributed by atoms with van der Waals surface area (Å²) in [5.41, 5.74) is 1.64. The number of hydrogen-bond acceptors (Lipinski definition) is 4. The second-order valence-corrected chi connectivity index (χ2v) is 6.47. The van der Waals surface area contributed by atoms with Crippen LogP contribution in [0.25, 0.3) is 10.1 Å². The minimum atomic E-state index is -0.0652. The third-order valence-electron chi connectivity index (χ3n) is 3.93. The van der Waals surface area contributed by atoms with Crippen LogP contribution in [0.4, 0.5) is 0 Å². The summed E-state index contributed by atoms with van der Waals surface area (Å²) in [5, 5.41) is 14.6. The first kappa shape index (κ1) is 13.5. The summed E-state index contributed by atoms with van der Waals surface area (Å²) in [4.78, 5) is 15.3. The normalized spacial score (nSPS) is 14.3. The van der Waals surface area contributed by atoms with Gasteiger partial charge in [0.2, 0.25) is 0 Å². The minimum absolute atomic E-state index is 0.0652. The number of aliphatic hydroxyl groups is 1. The molecule has 0 saturated carbocycles. The minimum Gasteiger partial charge on any atom is -0.390 e. The van der Waals surface area contributed by atoms with Gasteiger partial charge in [0.15, 0.2) is 0 Å². The van der Waals surface area contributed by atoms with Crippen LogP contribution in [-0.2, 0) is 19.7 Å². The molecule has 1 N–H and O–H groups in total. The van der Waals surface area contributed by atoms with E-state index in [0.717, 1.165) is 20.7 Å². The average Bonchev–Trinajstić information content (AvgIpc) is 3.16. The first-order chi connectivity index (χ1) is 10.7. The molecule has 2 aromatic heterocycles. The van der Waals surface area contributed by atoms with E-state index in [-0.39, 0.29) is 12.5 Å². The van der Waals surface area contributed by atoms with Crippen LogP contribution in [0.1, 0.15) is 21.1 Å². The van der Waals surface area contributed by atoms with Crippen LogP contribution in [0.3, 0.4) is 0 Å². The highest BCUT2D eigenvalue weighted by molar-refractivity contribution is 7.20. The Hall–Kier alpha value is -2.18. The van der Waals surface area contributed by atoms with Gasteiger partial charge in [-0.05, 0) is 23.6 Å². The number of fused-ring (bicyclic) bond motifs is 2. The third-order valence-corrected chi connectivity index (χ3v) is 5.04. The van der Waals surface area contributed by atoms with Crippen LogP contribution in [0.15, 0.2) is 36.4 Å². The van der Waals surface area contributed by atoms with E-state index < -0.39 is 0 Å². The van der Waals surface area contributed by atoms with Crippen LogP contribution < -0.4 is 0 Å². The van der Waals surface area contributed by atoms with Gasteiger partial charge in [-0.3, -0.25) is 9.48 Å². The predicted molar refractivity (Wildman–Crippen MR) is 84.7 cm³/mol. The van der Waals surface area contributed by atoms with Crippen molar-refractivity contribution in [1.29, 1.82) is 0 Å². The first-order valence-corrected chi connectivity index (χ1v) is 8.00. The summed E-state index contributed by atoms with van der Waals surface area (Å²) < 4.78 is 3.01. The lowest BCUT2D eigenvalue weighted by molar-refractivity contribution is 0.0711. The quantitative estimate of drug-likeness (QED) is 0.789. The van der Waals surface area contributed by atoms with Crippen LogP contribution in [-0.4, -0.2) is 32.2 Å². The van der Waals surface area contributed by atoms with Gasteiger partial charge in [-0.25, -0.2) is 0 Å². The maximum Gasteiger partial charge on any atom is 0.264 e. The molecule has 4 rings (SSSR count). The Morgan fingerprint density at radius 2 is 2.14 bits per heavy atom. The molecule has 22 heavy (non-hydrogen) atoms. The van der Waals surface area contributed by atoms with Gasteiger partial charge in [0, 0.05) is 11.2 Å². The smallest absolute Gasteiger partial charge is 0.264 e. The monoisotopic (exact) mass is 313 g/mol. The number of rotatable bonds is 2. The molecule has 6 heteroatoms. The molecule has 0 aliphatic carbocycles. The van der Waals surface area contributed by atoms with Crippen molar-refractivity contribution in [3.05, 3.63) is 52.7 Å². The molecule has 0 atom stereocenters. The largest absolute Gasteiger partial charge is 0.390 e. The zero-order chi connectivity index (χ0) is 15.1. The highest BCUT2D eigenvalue weighted by Gasteiger charge is 2.24. The van der Waals surface area contributed by atoms with Crippen molar-refractivity contribution in [3.63, 3.8) is 0 Å². The van der Waals surface area contributed by atoms with Crippen molar-refractivity contribution in [2.24, 2.45) is 0 Å². The molecule has 5 nitrogen and oxygen atoms in total. The molecule has 1 amide bonds. The molecule has 1 aliphatic heterocycles. The van der Waals surface area contributed by atoms with E-state index in [0.29, 0.717) is 25.3 Å². The number of amides is 1. The lowest BCUT2D eigenvalue weighted by Gasteiger charge is -2.27. The number of hydrogen-bond donors (Lipinski definition) is 1. The molecule has 0 bridgehead atoms. The highest BCUT2D eigenvalue weighted by Crippen LogP contribution is 2.27. The number of nitrogens with zero attached hydrogens (tertiary/aromatic N) is 3. The van der Waals surface area contributed by atoms with Crippen molar-refractivity contribution in [3.8, 4) is 0 Å². The Labute approximate surface area is 131 Å². The van der Waals surface area contributed by atoms with Gasteiger partial charge in [0.1, 0.15) is 0 Å². The number of thiophene rings is 1. The van der Waals surface area contributed by atoms with E-state index in [2.05, 4.69) is 5.10 Å². The van der Waals surface area contributed by atoms with Crippen molar-refractivity contribution in [2.75, 3.05) is 6.54 Å². The second kappa shape index (κ2) is 5.23. The summed E-state index contributed by atoms with van der Waals surface area (Å²) in [6.07, 6.45) is 0. The number of aliphatic hydroxyl groups excluding tert-OH is 1. The Morgan fingerprint density at radius 3 is 2.95 bits per heavy atom. The summed E-state index contributed by atoms with van der Waals surface area (Å²) in [6, 6.07) is 11.9. The zero-order valence-electron chi connectivity index (χ0n) is 11.9. The van der Waals surface area contributed by atoms with Gasteiger partial charge < -0.3 is 10.0 Å². The Morgan fingerprint density at radius 1 is 1.27 bits per heavy atom. The molecule has 0 saturated heterocycles.